The molecule has 0 spiro atoms. The highest BCUT2D eigenvalue weighted by molar-refractivity contribution is 5.81. The zero-order valence-electron chi connectivity index (χ0n) is 14.6. The fraction of sp³-hybridized carbons (Fsp3) is 0.450. The van der Waals surface area contributed by atoms with Crippen LogP contribution in [0, 0.1) is 5.41 Å². The van der Waals surface area contributed by atoms with E-state index in [1.807, 2.05) is 48.8 Å². The lowest BCUT2D eigenvalue weighted by molar-refractivity contribution is -0.131. The van der Waals surface area contributed by atoms with Crippen molar-refractivity contribution < 1.29 is 4.79 Å². The molecule has 3 rings (SSSR count). The maximum Gasteiger partial charge on any atom is 0.224 e. The predicted molar refractivity (Wildman–Crippen MR) is 97.6 cm³/mol. The summed E-state index contributed by atoms with van der Waals surface area (Å²) in [6.07, 6.45) is 8.13. The van der Waals surface area contributed by atoms with Crippen LogP contribution in [0.15, 0.2) is 48.8 Å². The molecule has 0 aromatic carbocycles. The second-order valence-corrected chi connectivity index (χ2v) is 6.95. The Morgan fingerprint density at radius 1 is 1.12 bits per heavy atom. The number of likely N-dealkylation sites (tertiary alicyclic amines) is 1. The van der Waals surface area contributed by atoms with E-state index >= 15 is 0 Å². The van der Waals surface area contributed by atoms with Gasteiger partial charge in [-0.05, 0) is 62.9 Å². The Kier molecular flexibility index (Phi) is 5.76. The molecule has 2 aromatic heterocycles. The van der Waals surface area contributed by atoms with Gasteiger partial charge in [-0.15, -0.1) is 0 Å². The molecule has 25 heavy (non-hydrogen) atoms. The Bertz CT molecular complexity index is 677. The van der Waals surface area contributed by atoms with Crippen LogP contribution in [-0.4, -0.2) is 33.9 Å². The second-order valence-electron chi connectivity index (χ2n) is 6.95. The van der Waals surface area contributed by atoms with E-state index in [2.05, 4.69) is 14.9 Å². The number of hydrogen-bond acceptors (Lipinski definition) is 4. The molecule has 3 heterocycles. The van der Waals surface area contributed by atoms with Gasteiger partial charge in [0.05, 0.1) is 11.1 Å². The number of aromatic nitrogens is 2. The Morgan fingerprint density at radius 3 is 2.48 bits per heavy atom. The normalized spacial score (nSPS) is 21.1. The van der Waals surface area contributed by atoms with Gasteiger partial charge in [0.2, 0.25) is 5.91 Å². The van der Waals surface area contributed by atoms with Gasteiger partial charge < -0.3 is 5.73 Å². The van der Waals surface area contributed by atoms with E-state index in [-0.39, 0.29) is 5.91 Å². The molecule has 0 aliphatic carbocycles. The highest BCUT2D eigenvalue weighted by Crippen LogP contribution is 2.35. The van der Waals surface area contributed by atoms with Gasteiger partial charge in [-0.25, -0.2) is 0 Å². The number of primary amides is 1. The topological polar surface area (TPSA) is 72.1 Å². The molecule has 2 N–H and O–H groups in total. The summed E-state index contributed by atoms with van der Waals surface area (Å²) >= 11 is 0. The van der Waals surface area contributed by atoms with Crippen LogP contribution in [0.5, 0.6) is 0 Å². The zero-order chi connectivity index (χ0) is 17.5. The largest absolute Gasteiger partial charge is 0.369 e. The minimum Gasteiger partial charge on any atom is -0.369 e. The van der Waals surface area contributed by atoms with Gasteiger partial charge in [0.1, 0.15) is 0 Å². The average Bonchev–Trinajstić information content (AvgIpc) is 2.64. The number of carbonyl (C=O) groups excluding carboxylic acids is 1. The van der Waals surface area contributed by atoms with Crippen LogP contribution < -0.4 is 5.73 Å². The molecule has 1 aliphatic heterocycles. The van der Waals surface area contributed by atoms with Crippen molar-refractivity contribution in [2.45, 2.75) is 38.6 Å². The van der Waals surface area contributed by atoms with Crippen LogP contribution in [0.1, 0.15) is 37.1 Å². The van der Waals surface area contributed by atoms with Gasteiger partial charge in [0, 0.05) is 31.2 Å². The molecule has 132 valence electrons. The number of hydrogen-bond donors (Lipinski definition) is 1. The number of nitrogens with zero attached hydrogens (tertiary/aromatic N) is 3. The molecule has 1 atom stereocenters. The number of pyridine rings is 2. The van der Waals surface area contributed by atoms with Crippen molar-refractivity contribution >= 4 is 5.91 Å². The van der Waals surface area contributed by atoms with E-state index in [4.69, 9.17) is 5.73 Å². The highest BCUT2D eigenvalue weighted by atomic mass is 16.1. The van der Waals surface area contributed by atoms with Crippen LogP contribution in [0.4, 0.5) is 0 Å². The number of carbonyl (C=O) groups is 1. The molecule has 5 heteroatoms. The first-order valence-electron chi connectivity index (χ1n) is 9.00. The highest BCUT2D eigenvalue weighted by Gasteiger charge is 2.40. The molecule has 1 aliphatic rings. The minimum atomic E-state index is -0.429. The number of piperidine rings is 1. The van der Waals surface area contributed by atoms with Crippen molar-refractivity contribution in [2.24, 2.45) is 11.1 Å². The monoisotopic (exact) mass is 338 g/mol. The number of nitrogens with two attached hydrogens (primary N) is 1. The van der Waals surface area contributed by atoms with Crippen molar-refractivity contribution in [1.29, 1.82) is 0 Å². The molecule has 1 unspecified atom stereocenters. The van der Waals surface area contributed by atoms with Gasteiger partial charge in [0.15, 0.2) is 0 Å². The fourth-order valence-corrected chi connectivity index (χ4v) is 3.77. The van der Waals surface area contributed by atoms with E-state index in [1.54, 1.807) is 0 Å². The third-order valence-corrected chi connectivity index (χ3v) is 5.10. The summed E-state index contributed by atoms with van der Waals surface area (Å²) < 4.78 is 0. The lowest BCUT2D eigenvalue weighted by atomic mass is 9.75. The van der Waals surface area contributed by atoms with E-state index in [0.29, 0.717) is 0 Å². The summed E-state index contributed by atoms with van der Waals surface area (Å²) in [4.78, 5) is 23.4. The van der Waals surface area contributed by atoms with Crippen LogP contribution in [0.25, 0.3) is 0 Å². The third-order valence-electron chi connectivity index (χ3n) is 5.10. The van der Waals surface area contributed by atoms with Crippen LogP contribution in [0.2, 0.25) is 0 Å². The predicted octanol–water partition coefficient (Wildman–Crippen LogP) is 2.57. The Hall–Kier alpha value is -2.27. The summed E-state index contributed by atoms with van der Waals surface area (Å²) in [5.74, 6) is -0.167. The first-order valence-corrected chi connectivity index (χ1v) is 9.00. The second kappa shape index (κ2) is 8.21. The Labute approximate surface area is 149 Å². The molecular weight excluding hydrogens is 312 g/mol. The van der Waals surface area contributed by atoms with E-state index < -0.39 is 5.41 Å². The smallest absolute Gasteiger partial charge is 0.224 e. The zero-order valence-corrected chi connectivity index (χ0v) is 14.6. The maximum absolute atomic E-state index is 12.3. The first-order chi connectivity index (χ1) is 12.2. The van der Waals surface area contributed by atoms with Gasteiger partial charge in [0.25, 0.3) is 0 Å². The van der Waals surface area contributed by atoms with E-state index in [9.17, 15) is 4.79 Å². The van der Waals surface area contributed by atoms with Crippen LogP contribution in [0.3, 0.4) is 0 Å². The Balaban J connectivity index is 1.61. The minimum absolute atomic E-state index is 0.167. The number of rotatable bonds is 7. The Morgan fingerprint density at radius 2 is 1.84 bits per heavy atom. The van der Waals surface area contributed by atoms with Gasteiger partial charge in [-0.2, -0.15) is 0 Å². The molecule has 5 nitrogen and oxygen atoms in total. The van der Waals surface area contributed by atoms with Gasteiger partial charge in [-0.1, -0.05) is 12.1 Å². The van der Waals surface area contributed by atoms with Gasteiger partial charge in [-0.3, -0.25) is 19.7 Å². The summed E-state index contributed by atoms with van der Waals surface area (Å²) in [7, 11) is 0. The summed E-state index contributed by atoms with van der Waals surface area (Å²) in [6.45, 7) is 2.49. The fourth-order valence-electron chi connectivity index (χ4n) is 3.77. The number of amides is 1. The van der Waals surface area contributed by atoms with Crippen molar-refractivity contribution in [3.8, 4) is 0 Å². The van der Waals surface area contributed by atoms with Crippen molar-refractivity contribution in [2.75, 3.05) is 13.1 Å². The lowest BCUT2D eigenvalue weighted by Gasteiger charge is -2.40. The summed E-state index contributed by atoms with van der Waals surface area (Å²) in [5.41, 5.74) is 7.52. The molecule has 0 radical (unpaired) electrons. The van der Waals surface area contributed by atoms with Crippen LogP contribution >= 0.6 is 0 Å². The molecular formula is C20H26N4O. The number of aryl methyl sites for hydroxylation is 1. The molecule has 2 aromatic rings. The standard InChI is InChI=1S/C20H26N4O/c21-19(25)20(10-5-9-17-7-1-3-12-22-17)11-6-14-24(16-20)15-18-8-2-4-13-23-18/h1-4,7-8,12-13H,5-6,9-11,14-16H2,(H2,21,25). The molecule has 0 saturated carbocycles. The first kappa shape index (κ1) is 17.5. The molecule has 1 amide bonds. The maximum atomic E-state index is 12.3. The molecule has 0 bridgehead atoms. The summed E-state index contributed by atoms with van der Waals surface area (Å²) in [6, 6.07) is 11.9. The SMILES string of the molecule is NC(=O)C1(CCCc2ccccn2)CCCN(Cc2ccccn2)C1. The molecule has 1 saturated heterocycles. The van der Waals surface area contributed by atoms with Crippen molar-refractivity contribution in [3.05, 3.63) is 60.2 Å². The van der Waals surface area contributed by atoms with E-state index in [0.717, 1.165) is 63.1 Å². The third kappa shape index (κ3) is 4.63. The van der Waals surface area contributed by atoms with Crippen molar-refractivity contribution in [1.82, 2.24) is 14.9 Å². The molecule has 1 fully saturated rings. The average molecular weight is 338 g/mol. The summed E-state index contributed by atoms with van der Waals surface area (Å²) in [5, 5.41) is 0. The quantitative estimate of drug-likeness (QED) is 0.842. The van der Waals surface area contributed by atoms with Crippen molar-refractivity contribution in [3.63, 3.8) is 0 Å². The van der Waals surface area contributed by atoms with Gasteiger partial charge >= 0.3 is 0 Å². The van der Waals surface area contributed by atoms with Crippen LogP contribution in [-0.2, 0) is 17.8 Å². The van der Waals surface area contributed by atoms with E-state index in [1.165, 1.54) is 0 Å². The lowest BCUT2D eigenvalue weighted by Crippen LogP contribution is -2.50.